The van der Waals surface area contributed by atoms with Crippen LogP contribution in [0, 0.1) is 5.82 Å². The van der Waals surface area contributed by atoms with Gasteiger partial charge in [-0.05, 0) is 18.2 Å². The van der Waals surface area contributed by atoms with E-state index in [1.54, 1.807) is 0 Å². The quantitative estimate of drug-likeness (QED) is 0.846. The first-order valence-electron chi connectivity index (χ1n) is 5.49. The Morgan fingerprint density at radius 3 is 2.61 bits per heavy atom. The molecule has 4 nitrogen and oxygen atoms in total. The zero-order chi connectivity index (χ0) is 13.8. The first-order valence-corrected chi connectivity index (χ1v) is 7.52. The molecule has 0 aliphatic rings. The van der Waals surface area contributed by atoms with Crippen LogP contribution in [0.15, 0.2) is 18.2 Å². The Hall–Kier alpha value is -0.850. The molecule has 0 saturated heterocycles. The molecular weight excluding hydrogens is 279 g/mol. The number of benzene rings is 1. The molecule has 1 aromatic rings. The van der Waals surface area contributed by atoms with Crippen molar-refractivity contribution >= 4 is 27.3 Å². The lowest BCUT2D eigenvalue weighted by molar-refractivity contribution is 0.582. The van der Waals surface area contributed by atoms with Crippen molar-refractivity contribution in [3.63, 3.8) is 0 Å². The number of sulfonamides is 1. The zero-order valence-corrected chi connectivity index (χ0v) is 11.8. The van der Waals surface area contributed by atoms with Crippen LogP contribution in [0.3, 0.4) is 0 Å². The topological polar surface area (TPSA) is 58.2 Å². The van der Waals surface area contributed by atoms with E-state index in [1.807, 2.05) is 13.8 Å². The lowest BCUT2D eigenvalue weighted by Crippen LogP contribution is -2.30. The molecule has 0 heterocycles. The largest absolute Gasteiger partial charge is 0.313 e. The second kappa shape index (κ2) is 6.36. The molecule has 2 N–H and O–H groups in total. The highest BCUT2D eigenvalue weighted by Gasteiger charge is 2.11. The smallest absolute Gasteiger partial charge is 0.233 e. The highest BCUT2D eigenvalue weighted by Crippen LogP contribution is 2.20. The van der Waals surface area contributed by atoms with Crippen LogP contribution in [0.4, 0.5) is 10.1 Å². The lowest BCUT2D eigenvalue weighted by atomic mass is 10.3. The molecule has 0 saturated carbocycles. The standard InChI is InChI=1S/C11H16ClFN2O2S/c1-8(2)14-5-6-18(16,17)15-9-3-4-11(13)10(12)7-9/h3-4,7-8,14-15H,5-6H2,1-2H3. The maximum atomic E-state index is 12.9. The van der Waals surface area contributed by atoms with Gasteiger partial charge in [0.2, 0.25) is 10.0 Å². The summed E-state index contributed by atoms with van der Waals surface area (Å²) in [5, 5.41) is 2.89. The van der Waals surface area contributed by atoms with E-state index < -0.39 is 15.8 Å². The maximum absolute atomic E-state index is 12.9. The molecule has 0 aliphatic carbocycles. The molecule has 0 aromatic heterocycles. The number of hydrogen-bond acceptors (Lipinski definition) is 3. The molecule has 0 spiro atoms. The van der Waals surface area contributed by atoms with Gasteiger partial charge in [-0.2, -0.15) is 0 Å². The van der Waals surface area contributed by atoms with Crippen LogP contribution in [0.25, 0.3) is 0 Å². The second-order valence-electron chi connectivity index (χ2n) is 4.16. The third kappa shape index (κ3) is 5.20. The van der Waals surface area contributed by atoms with Gasteiger partial charge in [0.05, 0.1) is 16.5 Å². The Labute approximate surface area is 112 Å². The van der Waals surface area contributed by atoms with Gasteiger partial charge in [0, 0.05) is 12.6 Å². The van der Waals surface area contributed by atoms with Gasteiger partial charge in [-0.1, -0.05) is 25.4 Å². The van der Waals surface area contributed by atoms with Crippen LogP contribution in [0.1, 0.15) is 13.8 Å². The number of nitrogens with one attached hydrogen (secondary N) is 2. The van der Waals surface area contributed by atoms with Crippen LogP contribution in [0.5, 0.6) is 0 Å². The predicted molar refractivity (Wildman–Crippen MR) is 72.0 cm³/mol. The summed E-state index contributed by atoms with van der Waals surface area (Å²) in [5.41, 5.74) is 0.256. The van der Waals surface area contributed by atoms with Crippen molar-refractivity contribution in [2.45, 2.75) is 19.9 Å². The van der Waals surface area contributed by atoms with E-state index in [1.165, 1.54) is 12.1 Å². The summed E-state index contributed by atoms with van der Waals surface area (Å²) in [6.07, 6.45) is 0. The molecule has 0 bridgehead atoms. The minimum Gasteiger partial charge on any atom is -0.313 e. The average molecular weight is 295 g/mol. The van der Waals surface area contributed by atoms with Crippen LogP contribution in [0.2, 0.25) is 5.02 Å². The SMILES string of the molecule is CC(C)NCCS(=O)(=O)Nc1ccc(F)c(Cl)c1. The first kappa shape index (κ1) is 15.2. The molecule has 0 radical (unpaired) electrons. The lowest BCUT2D eigenvalue weighted by Gasteiger charge is -2.10. The molecule has 1 aromatic carbocycles. The summed E-state index contributed by atoms with van der Waals surface area (Å²) in [7, 11) is -3.45. The molecule has 0 aliphatic heterocycles. The Morgan fingerprint density at radius 1 is 1.39 bits per heavy atom. The number of halogens is 2. The van der Waals surface area contributed by atoms with Gasteiger partial charge in [-0.25, -0.2) is 12.8 Å². The maximum Gasteiger partial charge on any atom is 0.233 e. The van der Waals surface area contributed by atoms with E-state index in [0.717, 1.165) is 6.07 Å². The van der Waals surface area contributed by atoms with E-state index in [0.29, 0.717) is 6.54 Å². The van der Waals surface area contributed by atoms with E-state index in [4.69, 9.17) is 11.6 Å². The van der Waals surface area contributed by atoms with Crippen molar-refractivity contribution in [3.05, 3.63) is 29.0 Å². The second-order valence-corrected chi connectivity index (χ2v) is 6.41. The normalized spacial score (nSPS) is 11.8. The molecule has 0 fully saturated rings. The van der Waals surface area contributed by atoms with E-state index in [2.05, 4.69) is 10.0 Å². The van der Waals surface area contributed by atoms with Crippen molar-refractivity contribution in [1.82, 2.24) is 5.32 Å². The van der Waals surface area contributed by atoms with Gasteiger partial charge in [-0.3, -0.25) is 4.72 Å². The van der Waals surface area contributed by atoms with Crippen LogP contribution in [-0.2, 0) is 10.0 Å². The minimum atomic E-state index is -3.45. The molecule has 1 rings (SSSR count). The van der Waals surface area contributed by atoms with Crippen LogP contribution >= 0.6 is 11.6 Å². The number of anilines is 1. The fourth-order valence-corrected chi connectivity index (χ4v) is 2.43. The van der Waals surface area contributed by atoms with Crippen molar-refractivity contribution in [1.29, 1.82) is 0 Å². The van der Waals surface area contributed by atoms with Crippen molar-refractivity contribution in [2.75, 3.05) is 17.0 Å². The molecule has 0 amide bonds. The molecule has 0 atom stereocenters. The van der Waals surface area contributed by atoms with E-state index >= 15 is 0 Å². The fraction of sp³-hybridized carbons (Fsp3) is 0.455. The zero-order valence-electron chi connectivity index (χ0n) is 10.2. The fourth-order valence-electron chi connectivity index (χ4n) is 1.27. The minimum absolute atomic E-state index is 0.0554. The van der Waals surface area contributed by atoms with Crippen molar-refractivity contribution < 1.29 is 12.8 Å². The van der Waals surface area contributed by atoms with Crippen LogP contribution < -0.4 is 10.0 Å². The number of hydrogen-bond donors (Lipinski definition) is 2. The molecule has 7 heteroatoms. The molecular formula is C11H16ClFN2O2S. The number of rotatable bonds is 6. The third-order valence-corrected chi connectivity index (χ3v) is 3.69. The summed E-state index contributed by atoms with van der Waals surface area (Å²) < 4.78 is 38.6. The Balaban J connectivity index is 2.62. The molecule has 18 heavy (non-hydrogen) atoms. The summed E-state index contributed by atoms with van der Waals surface area (Å²) in [5.74, 6) is -0.638. The van der Waals surface area contributed by atoms with Gasteiger partial charge in [-0.15, -0.1) is 0 Å². The van der Waals surface area contributed by atoms with Crippen molar-refractivity contribution in [2.24, 2.45) is 0 Å². The van der Waals surface area contributed by atoms with Gasteiger partial charge >= 0.3 is 0 Å². The summed E-state index contributed by atoms with van der Waals surface area (Å²) in [4.78, 5) is 0. The summed E-state index contributed by atoms with van der Waals surface area (Å²) in [6.45, 7) is 4.21. The van der Waals surface area contributed by atoms with Gasteiger partial charge < -0.3 is 5.32 Å². The molecule has 102 valence electrons. The van der Waals surface area contributed by atoms with Crippen molar-refractivity contribution in [3.8, 4) is 0 Å². The van der Waals surface area contributed by atoms with Gasteiger partial charge in [0.25, 0.3) is 0 Å². The van der Waals surface area contributed by atoms with Gasteiger partial charge in [0.1, 0.15) is 5.82 Å². The predicted octanol–water partition coefficient (Wildman–Crippen LogP) is 2.22. The monoisotopic (exact) mass is 294 g/mol. The molecule has 0 unspecified atom stereocenters. The van der Waals surface area contributed by atoms with Gasteiger partial charge in [0.15, 0.2) is 0 Å². The Bertz CT molecular complexity index is 506. The highest BCUT2D eigenvalue weighted by atomic mass is 35.5. The highest BCUT2D eigenvalue weighted by molar-refractivity contribution is 7.92. The van der Waals surface area contributed by atoms with E-state index in [9.17, 15) is 12.8 Å². The summed E-state index contributed by atoms with van der Waals surface area (Å²) >= 11 is 5.57. The van der Waals surface area contributed by atoms with Crippen LogP contribution in [-0.4, -0.2) is 26.8 Å². The van der Waals surface area contributed by atoms with E-state index in [-0.39, 0.29) is 22.5 Å². The Kier molecular flexibility index (Phi) is 5.37. The Morgan fingerprint density at radius 2 is 2.06 bits per heavy atom. The summed E-state index contributed by atoms with van der Waals surface area (Å²) in [6, 6.07) is 3.91. The first-order chi connectivity index (χ1) is 8.30. The average Bonchev–Trinajstić information content (AvgIpc) is 2.22. The third-order valence-electron chi connectivity index (χ3n) is 2.12.